The number of nitrogens with two attached hydrogens (primary N) is 1. The fourth-order valence-corrected chi connectivity index (χ4v) is 2.58. The summed E-state index contributed by atoms with van der Waals surface area (Å²) in [6.45, 7) is 2.11. The average Bonchev–Trinajstić information content (AvgIpc) is 2.46. The highest BCUT2D eigenvalue weighted by atomic mass is 35.5. The average molecular weight is 310 g/mol. The van der Waals surface area contributed by atoms with Crippen LogP contribution in [0.15, 0.2) is 36.5 Å². The molecule has 106 valence electrons. The molecule has 1 atom stereocenters. The van der Waals surface area contributed by atoms with Gasteiger partial charge in [-0.1, -0.05) is 42.3 Å². The second-order valence-corrected chi connectivity index (χ2v) is 5.44. The number of hydrogen-bond donors (Lipinski definition) is 2. The zero-order valence-corrected chi connectivity index (χ0v) is 12.7. The van der Waals surface area contributed by atoms with Gasteiger partial charge in [0.25, 0.3) is 0 Å². The molecule has 0 saturated carbocycles. The Hall–Kier alpha value is -1.13. The normalized spacial score (nSPS) is 12.4. The predicted octanol–water partition coefficient (Wildman–Crippen LogP) is 3.70. The molecule has 0 spiro atoms. The van der Waals surface area contributed by atoms with Gasteiger partial charge in [-0.25, -0.2) is 0 Å². The molecule has 3 N–H and O–H groups in total. The van der Waals surface area contributed by atoms with Crippen molar-refractivity contribution in [2.75, 3.05) is 0 Å². The molecule has 0 aliphatic carbocycles. The number of pyridine rings is 1. The van der Waals surface area contributed by atoms with Crippen molar-refractivity contribution in [1.29, 1.82) is 0 Å². The van der Waals surface area contributed by atoms with Crippen LogP contribution in [0.3, 0.4) is 0 Å². The fourth-order valence-electron chi connectivity index (χ4n) is 2.04. The maximum absolute atomic E-state index is 6.22. The molecule has 1 heterocycles. The standard InChI is InChI=1S/C15H17Cl2N3/c1-2-10-3-5-12(19-9-10)8-15(20-18)13-6-4-11(16)7-14(13)17/h3-7,9,15,20H,2,8,18H2,1H3. The minimum atomic E-state index is -0.0975. The van der Waals surface area contributed by atoms with E-state index in [9.17, 15) is 0 Å². The van der Waals surface area contributed by atoms with Crippen molar-refractivity contribution in [3.63, 3.8) is 0 Å². The number of aromatic nitrogens is 1. The van der Waals surface area contributed by atoms with Crippen LogP contribution in [0.25, 0.3) is 0 Å². The van der Waals surface area contributed by atoms with E-state index in [1.165, 1.54) is 5.56 Å². The Bertz CT molecular complexity index is 570. The number of hydrogen-bond acceptors (Lipinski definition) is 3. The van der Waals surface area contributed by atoms with E-state index in [-0.39, 0.29) is 6.04 Å². The Morgan fingerprint density at radius 1 is 1.25 bits per heavy atom. The molecule has 0 aliphatic heterocycles. The molecule has 0 bridgehead atoms. The zero-order valence-electron chi connectivity index (χ0n) is 11.2. The number of nitrogens with zero attached hydrogens (tertiary/aromatic N) is 1. The number of aryl methyl sites for hydroxylation is 1. The maximum Gasteiger partial charge on any atom is 0.0530 e. The van der Waals surface area contributed by atoms with Gasteiger partial charge in [-0.2, -0.15) is 0 Å². The molecular formula is C15H17Cl2N3. The van der Waals surface area contributed by atoms with Crippen LogP contribution in [-0.4, -0.2) is 4.98 Å². The van der Waals surface area contributed by atoms with Gasteiger partial charge in [0.2, 0.25) is 0 Å². The third-order valence-electron chi connectivity index (χ3n) is 3.25. The molecular weight excluding hydrogens is 293 g/mol. The third-order valence-corrected chi connectivity index (χ3v) is 3.81. The predicted molar refractivity (Wildman–Crippen MR) is 83.8 cm³/mol. The molecule has 1 unspecified atom stereocenters. The van der Waals surface area contributed by atoms with E-state index in [4.69, 9.17) is 29.0 Å². The first kappa shape index (κ1) is 15.3. The monoisotopic (exact) mass is 309 g/mol. The molecule has 0 amide bonds. The van der Waals surface area contributed by atoms with Crippen LogP contribution in [0.5, 0.6) is 0 Å². The van der Waals surface area contributed by atoms with E-state index < -0.39 is 0 Å². The first-order valence-electron chi connectivity index (χ1n) is 6.49. The van der Waals surface area contributed by atoms with Crippen LogP contribution in [-0.2, 0) is 12.8 Å². The van der Waals surface area contributed by atoms with Gasteiger partial charge in [0, 0.05) is 28.4 Å². The molecule has 1 aromatic heterocycles. The van der Waals surface area contributed by atoms with Gasteiger partial charge >= 0.3 is 0 Å². The Morgan fingerprint density at radius 2 is 2.05 bits per heavy atom. The topological polar surface area (TPSA) is 50.9 Å². The first-order valence-corrected chi connectivity index (χ1v) is 7.24. The number of halogens is 2. The van der Waals surface area contributed by atoms with Gasteiger partial charge in [0.05, 0.1) is 6.04 Å². The molecule has 20 heavy (non-hydrogen) atoms. The van der Waals surface area contributed by atoms with Gasteiger partial charge < -0.3 is 0 Å². The highest BCUT2D eigenvalue weighted by Crippen LogP contribution is 2.27. The summed E-state index contributed by atoms with van der Waals surface area (Å²) in [5.41, 5.74) is 5.89. The summed E-state index contributed by atoms with van der Waals surface area (Å²) in [5, 5.41) is 1.21. The highest BCUT2D eigenvalue weighted by Gasteiger charge is 2.15. The van der Waals surface area contributed by atoms with Gasteiger partial charge in [0.1, 0.15) is 0 Å². The van der Waals surface area contributed by atoms with E-state index >= 15 is 0 Å². The Kier molecular flexibility index (Phi) is 5.38. The van der Waals surface area contributed by atoms with Crippen LogP contribution >= 0.6 is 23.2 Å². The van der Waals surface area contributed by atoms with E-state index in [2.05, 4.69) is 23.4 Å². The quantitative estimate of drug-likeness (QED) is 0.654. The van der Waals surface area contributed by atoms with Crippen molar-refractivity contribution >= 4 is 23.2 Å². The highest BCUT2D eigenvalue weighted by molar-refractivity contribution is 6.35. The third kappa shape index (κ3) is 3.70. The van der Waals surface area contributed by atoms with Crippen molar-refractivity contribution in [3.8, 4) is 0 Å². The van der Waals surface area contributed by atoms with Gasteiger partial charge in [-0.3, -0.25) is 16.3 Å². The Balaban J connectivity index is 2.19. The lowest BCUT2D eigenvalue weighted by molar-refractivity contribution is 0.546. The number of rotatable bonds is 5. The van der Waals surface area contributed by atoms with Gasteiger partial charge in [-0.05, 0) is 35.7 Å². The number of nitrogens with one attached hydrogen (secondary N) is 1. The van der Waals surface area contributed by atoms with Crippen LogP contribution < -0.4 is 11.3 Å². The van der Waals surface area contributed by atoms with Gasteiger partial charge in [0.15, 0.2) is 0 Å². The molecule has 0 aliphatic rings. The Morgan fingerprint density at radius 3 is 2.60 bits per heavy atom. The van der Waals surface area contributed by atoms with Crippen molar-refractivity contribution in [3.05, 3.63) is 63.4 Å². The lowest BCUT2D eigenvalue weighted by Gasteiger charge is -2.17. The molecule has 5 heteroatoms. The summed E-state index contributed by atoms with van der Waals surface area (Å²) in [4.78, 5) is 4.45. The molecule has 3 nitrogen and oxygen atoms in total. The van der Waals surface area contributed by atoms with E-state index in [1.807, 2.05) is 18.3 Å². The van der Waals surface area contributed by atoms with Crippen molar-refractivity contribution in [2.24, 2.45) is 5.84 Å². The molecule has 0 radical (unpaired) electrons. The summed E-state index contributed by atoms with van der Waals surface area (Å²) >= 11 is 12.1. The van der Waals surface area contributed by atoms with Crippen LogP contribution in [0.2, 0.25) is 10.0 Å². The van der Waals surface area contributed by atoms with Crippen LogP contribution in [0.4, 0.5) is 0 Å². The summed E-state index contributed by atoms with van der Waals surface area (Å²) < 4.78 is 0. The fraction of sp³-hybridized carbons (Fsp3) is 0.267. The minimum absolute atomic E-state index is 0.0975. The second kappa shape index (κ2) is 7.04. The molecule has 1 aromatic carbocycles. The van der Waals surface area contributed by atoms with E-state index in [1.54, 1.807) is 12.1 Å². The first-order chi connectivity index (χ1) is 9.63. The lowest BCUT2D eigenvalue weighted by Crippen LogP contribution is -2.30. The minimum Gasteiger partial charge on any atom is -0.271 e. The molecule has 0 fully saturated rings. The van der Waals surface area contributed by atoms with Crippen LogP contribution in [0.1, 0.15) is 29.8 Å². The van der Waals surface area contributed by atoms with Crippen molar-refractivity contribution < 1.29 is 0 Å². The molecule has 2 rings (SSSR count). The van der Waals surface area contributed by atoms with Crippen molar-refractivity contribution in [1.82, 2.24) is 10.4 Å². The largest absolute Gasteiger partial charge is 0.271 e. The molecule has 0 saturated heterocycles. The molecule has 2 aromatic rings. The second-order valence-electron chi connectivity index (χ2n) is 4.60. The zero-order chi connectivity index (χ0) is 14.5. The lowest BCUT2D eigenvalue weighted by atomic mass is 10.0. The maximum atomic E-state index is 6.22. The van der Waals surface area contributed by atoms with Crippen molar-refractivity contribution in [2.45, 2.75) is 25.8 Å². The van der Waals surface area contributed by atoms with E-state index in [0.29, 0.717) is 16.5 Å². The SMILES string of the molecule is CCc1ccc(CC(NN)c2ccc(Cl)cc2Cl)nc1. The van der Waals surface area contributed by atoms with Gasteiger partial charge in [-0.15, -0.1) is 0 Å². The summed E-state index contributed by atoms with van der Waals surface area (Å²) in [7, 11) is 0. The smallest absolute Gasteiger partial charge is 0.0530 e. The summed E-state index contributed by atoms with van der Waals surface area (Å²) in [5.74, 6) is 5.65. The Labute approximate surface area is 129 Å². The summed E-state index contributed by atoms with van der Waals surface area (Å²) in [6, 6.07) is 9.42. The number of hydrazine groups is 1. The van der Waals surface area contributed by atoms with Crippen LogP contribution in [0, 0.1) is 0 Å². The van der Waals surface area contributed by atoms with E-state index in [0.717, 1.165) is 17.7 Å². The number of benzene rings is 1. The summed E-state index contributed by atoms with van der Waals surface area (Å²) in [6.07, 6.45) is 3.54.